The average molecular weight is 335 g/mol. The Kier molecular flexibility index (Phi) is 4.44. The summed E-state index contributed by atoms with van der Waals surface area (Å²) in [7, 11) is 0. The van der Waals surface area contributed by atoms with Crippen LogP contribution in [0.15, 0.2) is 18.2 Å². The molecule has 3 N–H and O–H groups in total. The Morgan fingerprint density at radius 1 is 1.22 bits per heavy atom. The third-order valence-electron chi connectivity index (χ3n) is 3.29. The van der Waals surface area contributed by atoms with E-state index < -0.39 is 11.6 Å². The minimum atomic E-state index is -0.869. The average Bonchev–Trinajstić information content (AvgIpc) is 3.10. The van der Waals surface area contributed by atoms with E-state index in [9.17, 15) is 8.78 Å². The molecule has 2 aromatic heterocycles. The van der Waals surface area contributed by atoms with E-state index in [0.717, 1.165) is 34.1 Å². The first kappa shape index (κ1) is 15.7. The van der Waals surface area contributed by atoms with Crippen molar-refractivity contribution in [2.24, 2.45) is 5.73 Å². The van der Waals surface area contributed by atoms with Crippen molar-refractivity contribution in [3.05, 3.63) is 51.9 Å². The van der Waals surface area contributed by atoms with E-state index in [1.807, 2.05) is 6.92 Å². The number of hydrogen-bond donors (Lipinski definition) is 2. The molecule has 1 aromatic carbocycles. The molecular weight excluding hydrogens is 320 g/mol. The van der Waals surface area contributed by atoms with Crippen LogP contribution in [0.2, 0.25) is 0 Å². The molecule has 3 rings (SSSR count). The van der Waals surface area contributed by atoms with E-state index in [-0.39, 0.29) is 0 Å². The SMILES string of the molecule is Cc1nc(CCN)sc1-c1n[nH]c(Cc2ccc(F)c(F)c2)n1. The maximum atomic E-state index is 13.2. The Bertz CT molecular complexity index is 827. The van der Waals surface area contributed by atoms with Crippen LogP contribution >= 0.6 is 11.3 Å². The molecule has 0 aliphatic heterocycles. The van der Waals surface area contributed by atoms with Gasteiger partial charge in [0, 0.05) is 12.8 Å². The van der Waals surface area contributed by atoms with E-state index in [0.29, 0.717) is 30.2 Å². The smallest absolute Gasteiger partial charge is 0.193 e. The van der Waals surface area contributed by atoms with Gasteiger partial charge in [-0.3, -0.25) is 5.10 Å². The Morgan fingerprint density at radius 2 is 2.04 bits per heavy atom. The predicted molar refractivity (Wildman–Crippen MR) is 84.2 cm³/mol. The fourth-order valence-electron chi connectivity index (χ4n) is 2.21. The molecule has 0 saturated heterocycles. The van der Waals surface area contributed by atoms with Gasteiger partial charge in [-0.25, -0.2) is 18.7 Å². The van der Waals surface area contributed by atoms with Crippen molar-refractivity contribution in [2.45, 2.75) is 19.8 Å². The van der Waals surface area contributed by atoms with E-state index >= 15 is 0 Å². The zero-order valence-electron chi connectivity index (χ0n) is 12.4. The number of nitrogens with two attached hydrogens (primary N) is 1. The minimum absolute atomic E-state index is 0.345. The fraction of sp³-hybridized carbons (Fsp3) is 0.267. The lowest BCUT2D eigenvalue weighted by Gasteiger charge is -1.98. The summed E-state index contributed by atoms with van der Waals surface area (Å²) in [5, 5.41) is 7.98. The lowest BCUT2D eigenvalue weighted by molar-refractivity contribution is 0.507. The fourth-order valence-corrected chi connectivity index (χ4v) is 3.22. The molecule has 0 bridgehead atoms. The van der Waals surface area contributed by atoms with Crippen molar-refractivity contribution >= 4 is 11.3 Å². The number of aryl methyl sites for hydroxylation is 1. The highest BCUT2D eigenvalue weighted by Gasteiger charge is 2.14. The highest BCUT2D eigenvalue weighted by Crippen LogP contribution is 2.27. The summed E-state index contributed by atoms with van der Waals surface area (Å²) in [6.45, 7) is 2.44. The molecule has 8 heteroatoms. The molecule has 2 heterocycles. The Morgan fingerprint density at radius 3 is 2.78 bits per heavy atom. The summed E-state index contributed by atoms with van der Waals surface area (Å²) in [6, 6.07) is 3.79. The quantitative estimate of drug-likeness (QED) is 0.751. The number of aromatic amines is 1. The van der Waals surface area contributed by atoms with Crippen LogP contribution in [0.25, 0.3) is 10.7 Å². The predicted octanol–water partition coefficient (Wildman–Crippen LogP) is 2.61. The zero-order valence-corrected chi connectivity index (χ0v) is 13.3. The number of aromatic nitrogens is 4. The molecular formula is C15H15F2N5S. The second kappa shape index (κ2) is 6.51. The molecule has 120 valence electrons. The number of thiazole rings is 1. The molecule has 0 saturated carbocycles. The monoisotopic (exact) mass is 335 g/mol. The lowest BCUT2D eigenvalue weighted by Crippen LogP contribution is -2.01. The van der Waals surface area contributed by atoms with Crippen LogP contribution in [-0.4, -0.2) is 26.7 Å². The summed E-state index contributed by atoms with van der Waals surface area (Å²) < 4.78 is 26.2. The molecule has 5 nitrogen and oxygen atoms in total. The maximum absolute atomic E-state index is 13.2. The molecule has 0 atom stereocenters. The Hall–Kier alpha value is -2.19. The summed E-state index contributed by atoms with van der Waals surface area (Å²) in [5.41, 5.74) is 7.02. The Labute approximate surface area is 135 Å². The highest BCUT2D eigenvalue weighted by atomic mass is 32.1. The van der Waals surface area contributed by atoms with Gasteiger partial charge in [0.15, 0.2) is 17.5 Å². The number of rotatable bonds is 5. The van der Waals surface area contributed by atoms with Crippen LogP contribution in [0.1, 0.15) is 22.1 Å². The molecule has 0 radical (unpaired) electrons. The number of benzene rings is 1. The van der Waals surface area contributed by atoms with Crippen LogP contribution in [0, 0.1) is 18.6 Å². The van der Waals surface area contributed by atoms with Gasteiger partial charge in [-0.1, -0.05) is 6.07 Å². The van der Waals surface area contributed by atoms with Gasteiger partial charge in [0.2, 0.25) is 0 Å². The largest absolute Gasteiger partial charge is 0.330 e. The van der Waals surface area contributed by atoms with Crippen molar-refractivity contribution in [2.75, 3.05) is 6.54 Å². The van der Waals surface area contributed by atoms with Gasteiger partial charge < -0.3 is 5.73 Å². The Balaban J connectivity index is 1.81. The molecule has 0 fully saturated rings. The van der Waals surface area contributed by atoms with Crippen molar-refractivity contribution in [3.63, 3.8) is 0 Å². The van der Waals surface area contributed by atoms with Crippen LogP contribution in [0.4, 0.5) is 8.78 Å². The molecule has 0 amide bonds. The molecule has 23 heavy (non-hydrogen) atoms. The zero-order chi connectivity index (χ0) is 16.4. The van der Waals surface area contributed by atoms with Gasteiger partial charge in [0.1, 0.15) is 5.82 Å². The van der Waals surface area contributed by atoms with E-state index in [2.05, 4.69) is 20.2 Å². The summed E-state index contributed by atoms with van der Waals surface area (Å²) >= 11 is 1.52. The van der Waals surface area contributed by atoms with Gasteiger partial charge in [0.25, 0.3) is 0 Å². The van der Waals surface area contributed by atoms with Gasteiger partial charge in [-0.2, -0.15) is 5.10 Å². The second-order valence-corrected chi connectivity index (χ2v) is 6.18. The number of nitrogens with one attached hydrogen (secondary N) is 1. The highest BCUT2D eigenvalue weighted by molar-refractivity contribution is 7.15. The maximum Gasteiger partial charge on any atom is 0.193 e. The van der Waals surface area contributed by atoms with Crippen molar-refractivity contribution < 1.29 is 8.78 Å². The van der Waals surface area contributed by atoms with Crippen LogP contribution < -0.4 is 5.73 Å². The van der Waals surface area contributed by atoms with E-state index in [4.69, 9.17) is 5.73 Å². The van der Waals surface area contributed by atoms with Crippen molar-refractivity contribution in [1.82, 2.24) is 20.2 Å². The normalized spacial score (nSPS) is 11.1. The number of nitrogens with zero attached hydrogens (tertiary/aromatic N) is 3. The third-order valence-corrected chi connectivity index (χ3v) is 4.50. The van der Waals surface area contributed by atoms with Gasteiger partial charge in [-0.05, 0) is 31.2 Å². The van der Waals surface area contributed by atoms with Crippen LogP contribution in [0.3, 0.4) is 0 Å². The topological polar surface area (TPSA) is 80.5 Å². The molecule has 0 aliphatic carbocycles. The van der Waals surface area contributed by atoms with Crippen molar-refractivity contribution in [1.29, 1.82) is 0 Å². The number of halogens is 2. The third kappa shape index (κ3) is 3.43. The standard InChI is InChI=1S/C15H15F2N5S/c1-8-14(23-13(19-8)4-5-18)15-20-12(21-22-15)7-9-2-3-10(16)11(17)6-9/h2-3,6H,4-5,7,18H2,1H3,(H,20,21,22). The van der Waals surface area contributed by atoms with Gasteiger partial charge >= 0.3 is 0 Å². The van der Waals surface area contributed by atoms with Crippen LogP contribution in [0.5, 0.6) is 0 Å². The second-order valence-electron chi connectivity index (χ2n) is 5.09. The molecule has 0 aliphatic rings. The number of H-pyrrole nitrogens is 1. The first-order valence-corrected chi connectivity index (χ1v) is 7.90. The number of hydrogen-bond acceptors (Lipinski definition) is 5. The van der Waals surface area contributed by atoms with Gasteiger partial charge in [0.05, 0.1) is 15.6 Å². The van der Waals surface area contributed by atoms with Gasteiger partial charge in [-0.15, -0.1) is 11.3 Å². The summed E-state index contributed by atoms with van der Waals surface area (Å²) in [5.74, 6) is -0.591. The molecule has 0 unspecified atom stereocenters. The lowest BCUT2D eigenvalue weighted by atomic mass is 10.1. The summed E-state index contributed by atoms with van der Waals surface area (Å²) in [6.07, 6.45) is 1.06. The molecule has 3 aromatic rings. The minimum Gasteiger partial charge on any atom is -0.330 e. The van der Waals surface area contributed by atoms with E-state index in [1.54, 1.807) is 0 Å². The van der Waals surface area contributed by atoms with Crippen LogP contribution in [-0.2, 0) is 12.8 Å². The van der Waals surface area contributed by atoms with E-state index in [1.165, 1.54) is 17.4 Å². The molecule has 0 spiro atoms. The summed E-state index contributed by atoms with van der Waals surface area (Å²) in [4.78, 5) is 9.75. The van der Waals surface area contributed by atoms with Crippen molar-refractivity contribution in [3.8, 4) is 10.7 Å². The first-order chi connectivity index (χ1) is 11.1. The first-order valence-electron chi connectivity index (χ1n) is 7.08.